The number of nitrogens with one attached hydrogen (secondary N) is 1. The summed E-state index contributed by atoms with van der Waals surface area (Å²) in [6.45, 7) is 6.63. The number of nitrogens with zero attached hydrogens (tertiary/aromatic N) is 2. The average molecular weight is 283 g/mol. The summed E-state index contributed by atoms with van der Waals surface area (Å²) in [6, 6.07) is 8.07. The first kappa shape index (κ1) is 14.0. The largest absolute Gasteiger partial charge is 0.312 e. The summed E-state index contributed by atoms with van der Waals surface area (Å²) in [5.41, 5.74) is 5.34. The van der Waals surface area contributed by atoms with Gasteiger partial charge >= 0.3 is 0 Å². The number of aromatic nitrogens is 2. The SMILES string of the molecule is CCn1nc(C)cc1CC(=O)c1cccc2c1CCNC2. The number of hydrogen-bond donors (Lipinski definition) is 1. The van der Waals surface area contributed by atoms with Crippen molar-refractivity contribution >= 4 is 5.78 Å². The second kappa shape index (κ2) is 5.82. The van der Waals surface area contributed by atoms with Gasteiger partial charge in [-0.1, -0.05) is 18.2 Å². The number of fused-ring (bicyclic) bond motifs is 1. The maximum absolute atomic E-state index is 12.7. The van der Waals surface area contributed by atoms with Gasteiger partial charge in [0.15, 0.2) is 5.78 Å². The third kappa shape index (κ3) is 2.76. The highest BCUT2D eigenvalue weighted by Crippen LogP contribution is 2.20. The van der Waals surface area contributed by atoms with Crippen molar-refractivity contribution in [1.29, 1.82) is 0 Å². The fourth-order valence-electron chi connectivity index (χ4n) is 3.07. The Morgan fingerprint density at radius 3 is 3.10 bits per heavy atom. The van der Waals surface area contributed by atoms with Gasteiger partial charge in [0.25, 0.3) is 0 Å². The molecule has 4 nitrogen and oxygen atoms in total. The van der Waals surface area contributed by atoms with Crippen LogP contribution in [-0.2, 0) is 25.9 Å². The minimum absolute atomic E-state index is 0.198. The van der Waals surface area contributed by atoms with Gasteiger partial charge in [0.2, 0.25) is 0 Å². The van der Waals surface area contributed by atoms with Crippen molar-refractivity contribution in [2.45, 2.75) is 39.8 Å². The van der Waals surface area contributed by atoms with Crippen LogP contribution >= 0.6 is 0 Å². The van der Waals surface area contributed by atoms with Crippen LogP contribution in [0.15, 0.2) is 24.3 Å². The summed E-state index contributed by atoms with van der Waals surface area (Å²) in [7, 11) is 0. The molecule has 0 amide bonds. The van der Waals surface area contributed by atoms with Crippen LogP contribution < -0.4 is 5.32 Å². The molecule has 3 rings (SSSR count). The lowest BCUT2D eigenvalue weighted by atomic mass is 9.92. The molecule has 0 radical (unpaired) electrons. The van der Waals surface area contributed by atoms with Crippen LogP contribution in [0.25, 0.3) is 0 Å². The number of carbonyl (C=O) groups is 1. The van der Waals surface area contributed by atoms with Crippen LogP contribution in [0.3, 0.4) is 0 Å². The summed E-state index contributed by atoms with van der Waals surface area (Å²) in [5.74, 6) is 0.198. The summed E-state index contributed by atoms with van der Waals surface area (Å²) < 4.78 is 1.92. The molecule has 1 aliphatic heterocycles. The molecule has 1 N–H and O–H groups in total. The molecule has 1 aromatic heterocycles. The zero-order valence-electron chi connectivity index (χ0n) is 12.6. The van der Waals surface area contributed by atoms with Crippen molar-refractivity contribution in [2.24, 2.45) is 0 Å². The van der Waals surface area contributed by atoms with Gasteiger partial charge in [0.05, 0.1) is 12.1 Å². The fraction of sp³-hybridized carbons (Fsp3) is 0.412. The predicted octanol–water partition coefficient (Wildman–Crippen LogP) is 2.28. The van der Waals surface area contributed by atoms with Crippen molar-refractivity contribution < 1.29 is 4.79 Å². The van der Waals surface area contributed by atoms with E-state index in [1.165, 1.54) is 11.1 Å². The standard InChI is InChI=1S/C17H21N3O/c1-3-20-14(9-12(2)19-20)10-17(21)16-6-4-5-13-11-18-8-7-15(13)16/h4-6,9,18H,3,7-8,10-11H2,1-2H3. The lowest BCUT2D eigenvalue weighted by molar-refractivity contribution is 0.0989. The Balaban J connectivity index is 1.89. The van der Waals surface area contributed by atoms with Crippen LogP contribution in [0.4, 0.5) is 0 Å². The number of rotatable bonds is 4. The molecule has 21 heavy (non-hydrogen) atoms. The lowest BCUT2D eigenvalue weighted by Crippen LogP contribution is -2.25. The number of benzene rings is 1. The van der Waals surface area contributed by atoms with E-state index in [9.17, 15) is 4.79 Å². The smallest absolute Gasteiger partial charge is 0.169 e. The molecule has 4 heteroatoms. The second-order valence-corrected chi connectivity index (χ2v) is 5.56. The van der Waals surface area contributed by atoms with Crippen LogP contribution in [0, 0.1) is 6.92 Å². The van der Waals surface area contributed by atoms with Gasteiger partial charge in [-0.05, 0) is 44.0 Å². The molecule has 1 aromatic carbocycles. The van der Waals surface area contributed by atoms with E-state index in [2.05, 4.69) is 23.4 Å². The van der Waals surface area contributed by atoms with Crippen molar-refractivity contribution in [2.75, 3.05) is 6.54 Å². The summed E-state index contributed by atoms with van der Waals surface area (Å²) in [4.78, 5) is 12.7. The van der Waals surface area contributed by atoms with Crippen LogP contribution in [0.5, 0.6) is 0 Å². The minimum atomic E-state index is 0.198. The van der Waals surface area contributed by atoms with Gasteiger partial charge in [0.1, 0.15) is 0 Å². The molecule has 1 aliphatic rings. The molecule has 0 aliphatic carbocycles. The normalized spacial score (nSPS) is 14.0. The molecular formula is C17H21N3O. The first-order valence-corrected chi connectivity index (χ1v) is 7.57. The van der Waals surface area contributed by atoms with Crippen molar-refractivity contribution in [3.63, 3.8) is 0 Å². The summed E-state index contributed by atoms with van der Waals surface area (Å²) in [5, 5.41) is 7.77. The first-order chi connectivity index (χ1) is 10.2. The van der Waals surface area contributed by atoms with Crippen molar-refractivity contribution in [3.05, 3.63) is 52.3 Å². The second-order valence-electron chi connectivity index (χ2n) is 5.56. The molecule has 2 aromatic rings. The van der Waals surface area contributed by atoms with Crippen LogP contribution in [0.2, 0.25) is 0 Å². The van der Waals surface area contributed by atoms with Gasteiger partial charge in [-0.15, -0.1) is 0 Å². The number of Topliss-reactive ketones (excluding diaryl/α,β-unsaturated/α-hetero) is 1. The van der Waals surface area contributed by atoms with Crippen LogP contribution in [0.1, 0.15) is 39.8 Å². The fourth-order valence-corrected chi connectivity index (χ4v) is 3.07. The van der Waals surface area contributed by atoms with E-state index < -0.39 is 0 Å². The molecule has 2 heterocycles. The van der Waals surface area contributed by atoms with Gasteiger partial charge < -0.3 is 5.32 Å². The maximum Gasteiger partial charge on any atom is 0.169 e. The van der Waals surface area contributed by atoms with E-state index in [4.69, 9.17) is 0 Å². The zero-order valence-corrected chi connectivity index (χ0v) is 12.6. The third-order valence-corrected chi connectivity index (χ3v) is 4.07. The molecule has 110 valence electrons. The third-order valence-electron chi connectivity index (χ3n) is 4.07. The molecular weight excluding hydrogens is 262 g/mol. The molecule has 0 unspecified atom stereocenters. The van der Waals surface area contributed by atoms with E-state index in [0.29, 0.717) is 6.42 Å². The van der Waals surface area contributed by atoms with E-state index in [1.54, 1.807) is 0 Å². The molecule has 0 fully saturated rings. The Hall–Kier alpha value is -1.94. The van der Waals surface area contributed by atoms with Gasteiger partial charge in [-0.3, -0.25) is 9.48 Å². The average Bonchev–Trinajstić information content (AvgIpc) is 2.86. The molecule has 0 spiro atoms. The Morgan fingerprint density at radius 2 is 2.29 bits per heavy atom. The quantitative estimate of drug-likeness (QED) is 0.876. The molecule has 0 saturated heterocycles. The summed E-state index contributed by atoms with van der Waals surface area (Å²) >= 11 is 0. The van der Waals surface area contributed by atoms with Crippen molar-refractivity contribution in [3.8, 4) is 0 Å². The number of hydrogen-bond acceptors (Lipinski definition) is 3. The molecule has 0 bridgehead atoms. The van der Waals surface area contributed by atoms with Gasteiger partial charge in [-0.25, -0.2) is 0 Å². The van der Waals surface area contributed by atoms with Crippen molar-refractivity contribution in [1.82, 2.24) is 15.1 Å². The Kier molecular flexibility index (Phi) is 3.88. The maximum atomic E-state index is 12.7. The molecule has 0 atom stereocenters. The van der Waals surface area contributed by atoms with E-state index >= 15 is 0 Å². The molecule has 0 saturated carbocycles. The Labute approximate surface area is 125 Å². The first-order valence-electron chi connectivity index (χ1n) is 7.57. The monoisotopic (exact) mass is 283 g/mol. The highest BCUT2D eigenvalue weighted by Gasteiger charge is 2.18. The van der Waals surface area contributed by atoms with Gasteiger partial charge in [-0.2, -0.15) is 5.10 Å². The van der Waals surface area contributed by atoms with E-state index in [-0.39, 0.29) is 5.78 Å². The number of carbonyl (C=O) groups excluding carboxylic acids is 1. The zero-order chi connectivity index (χ0) is 14.8. The number of aryl methyl sites for hydroxylation is 2. The topological polar surface area (TPSA) is 46.9 Å². The van der Waals surface area contributed by atoms with Crippen LogP contribution in [-0.4, -0.2) is 22.1 Å². The minimum Gasteiger partial charge on any atom is -0.312 e. The lowest BCUT2D eigenvalue weighted by Gasteiger charge is -2.19. The highest BCUT2D eigenvalue weighted by atomic mass is 16.1. The number of ketones is 1. The van der Waals surface area contributed by atoms with E-state index in [0.717, 1.165) is 43.0 Å². The van der Waals surface area contributed by atoms with Gasteiger partial charge in [0, 0.05) is 24.3 Å². The predicted molar refractivity (Wildman–Crippen MR) is 82.5 cm³/mol. The Morgan fingerprint density at radius 1 is 1.43 bits per heavy atom. The Bertz CT molecular complexity index is 673. The highest BCUT2D eigenvalue weighted by molar-refractivity contribution is 5.99. The van der Waals surface area contributed by atoms with E-state index in [1.807, 2.05) is 29.8 Å². The summed E-state index contributed by atoms with van der Waals surface area (Å²) in [6.07, 6.45) is 1.36.